The third-order valence-corrected chi connectivity index (χ3v) is 5.62. The van der Waals surface area contributed by atoms with Gasteiger partial charge < -0.3 is 25.7 Å². The molecule has 0 rings (SSSR count). The van der Waals surface area contributed by atoms with Crippen molar-refractivity contribution in [3.63, 3.8) is 0 Å². The quantitative estimate of drug-likeness (QED) is 0.0957. The Balaban J connectivity index is 3.64. The number of hydrogen-bond donors (Lipinski definition) is 5. The highest BCUT2D eigenvalue weighted by Gasteiger charge is 2.33. The monoisotopic (exact) mass is 458 g/mol. The third-order valence-electron chi connectivity index (χ3n) is 5.62. The summed E-state index contributed by atoms with van der Waals surface area (Å²) >= 11 is 0. The molecule has 0 aromatic rings. The van der Waals surface area contributed by atoms with Crippen molar-refractivity contribution < 1.29 is 25.2 Å². The van der Waals surface area contributed by atoms with Gasteiger partial charge >= 0.3 is 0 Å². The van der Waals surface area contributed by atoms with Crippen LogP contribution in [0.4, 0.5) is 0 Å². The number of nitrogens with one attached hydrogen (secondary N) is 1. The molecule has 0 aliphatic rings. The van der Waals surface area contributed by atoms with E-state index in [1.165, 1.54) is 44.9 Å². The maximum absolute atomic E-state index is 11.8. The average molecular weight is 459 g/mol. The van der Waals surface area contributed by atoms with E-state index in [2.05, 4.69) is 29.6 Å². The average Bonchev–Trinajstić information content (AvgIpc) is 2.80. The van der Waals surface area contributed by atoms with E-state index in [4.69, 9.17) is 5.11 Å². The molecule has 0 aromatic carbocycles. The van der Waals surface area contributed by atoms with Crippen molar-refractivity contribution in [3.8, 4) is 0 Å². The summed E-state index contributed by atoms with van der Waals surface area (Å²) in [6, 6.07) is -1.56. The highest BCUT2D eigenvalue weighted by molar-refractivity contribution is 5.75. The smallest absolute Gasteiger partial charge is 0.220 e. The van der Waals surface area contributed by atoms with Crippen LogP contribution in [0.2, 0.25) is 0 Å². The van der Waals surface area contributed by atoms with Gasteiger partial charge in [0.05, 0.1) is 12.7 Å². The number of rotatable bonds is 22. The molecule has 0 aliphatic carbocycles. The van der Waals surface area contributed by atoms with Crippen molar-refractivity contribution in [3.05, 3.63) is 17.1 Å². The highest BCUT2D eigenvalue weighted by atomic mass is 16.3. The molecule has 0 spiro atoms. The van der Waals surface area contributed by atoms with E-state index in [0.717, 1.165) is 38.5 Å². The Morgan fingerprint density at radius 3 is 1.91 bits per heavy atom. The molecule has 8 heteroatoms. The van der Waals surface area contributed by atoms with Gasteiger partial charge in [0.15, 0.2) is 0 Å². The predicted octanol–water partition coefficient (Wildman–Crippen LogP) is 3.35. The minimum absolute atomic E-state index is 0.243. The summed E-state index contributed by atoms with van der Waals surface area (Å²) in [5.74, 6) is -0.243. The lowest BCUT2D eigenvalue weighted by molar-refractivity contribution is -0.122. The predicted molar refractivity (Wildman–Crippen MR) is 127 cm³/mol. The van der Waals surface area contributed by atoms with Crippen molar-refractivity contribution in [2.45, 2.75) is 121 Å². The summed E-state index contributed by atoms with van der Waals surface area (Å²) in [6.45, 7) is 1.22. The third kappa shape index (κ3) is 16.3. The number of amides is 1. The van der Waals surface area contributed by atoms with Crippen molar-refractivity contribution in [2.24, 2.45) is 5.18 Å². The number of carbonyl (C=O) groups is 1. The molecule has 0 saturated carbocycles. The molecule has 1 amide bonds. The van der Waals surface area contributed by atoms with Crippen LogP contribution >= 0.6 is 0 Å². The van der Waals surface area contributed by atoms with Gasteiger partial charge in [-0.2, -0.15) is 4.91 Å². The van der Waals surface area contributed by atoms with E-state index in [0.29, 0.717) is 6.42 Å². The van der Waals surface area contributed by atoms with Crippen LogP contribution in [0.5, 0.6) is 0 Å². The van der Waals surface area contributed by atoms with Gasteiger partial charge in [-0.1, -0.05) is 75.6 Å². The summed E-state index contributed by atoms with van der Waals surface area (Å²) < 4.78 is 0. The standard InChI is InChI=1S/C24H46N2O6/c1-2-3-4-5-6-7-8-9-10-11-12-13-14-15-16-17-22(30)25-18-20(28)24(31)23(26-32)21(29)19-27/h9-10,20-21,23-24,27-29,31H,2-8,11-19H2,1H3,(H,25,30)/b10-9-. The molecular weight excluding hydrogens is 412 g/mol. The largest absolute Gasteiger partial charge is 0.394 e. The first-order valence-electron chi connectivity index (χ1n) is 12.4. The second kappa shape index (κ2) is 21.5. The summed E-state index contributed by atoms with van der Waals surface area (Å²) in [6.07, 6.45) is 15.6. The molecule has 188 valence electrons. The molecule has 4 atom stereocenters. The van der Waals surface area contributed by atoms with Gasteiger partial charge in [-0.15, -0.1) is 0 Å². The van der Waals surface area contributed by atoms with Crippen LogP contribution in [0.1, 0.15) is 96.8 Å². The topological polar surface area (TPSA) is 139 Å². The number of aliphatic hydroxyl groups is 4. The summed E-state index contributed by atoms with van der Waals surface area (Å²) in [7, 11) is 0. The fraction of sp³-hybridized carbons (Fsp3) is 0.875. The number of hydrogen-bond acceptors (Lipinski definition) is 7. The van der Waals surface area contributed by atoms with E-state index in [-0.39, 0.29) is 12.5 Å². The highest BCUT2D eigenvalue weighted by Crippen LogP contribution is 2.11. The first kappa shape index (κ1) is 30.6. The van der Waals surface area contributed by atoms with Gasteiger partial charge in [0.25, 0.3) is 0 Å². The number of unbranched alkanes of at least 4 members (excludes halogenated alkanes) is 11. The number of nitrogens with zero attached hydrogens (tertiary/aromatic N) is 1. The SMILES string of the molecule is CCCCCCCC/C=C\CCCCCCCC(=O)NCC(O)C(O)C(N=O)C(O)CO. The first-order chi connectivity index (χ1) is 15.5. The van der Waals surface area contributed by atoms with Crippen LogP contribution in [-0.4, -0.2) is 63.8 Å². The van der Waals surface area contributed by atoms with E-state index >= 15 is 0 Å². The van der Waals surface area contributed by atoms with Crippen LogP contribution in [-0.2, 0) is 4.79 Å². The van der Waals surface area contributed by atoms with Crippen LogP contribution in [0.25, 0.3) is 0 Å². The lowest BCUT2D eigenvalue weighted by Gasteiger charge is -2.24. The molecule has 0 heterocycles. The molecule has 32 heavy (non-hydrogen) atoms. The van der Waals surface area contributed by atoms with E-state index in [1.807, 2.05) is 0 Å². The van der Waals surface area contributed by atoms with Gasteiger partial charge in [-0.25, -0.2) is 0 Å². The molecule has 8 nitrogen and oxygen atoms in total. The maximum Gasteiger partial charge on any atom is 0.220 e. The lowest BCUT2D eigenvalue weighted by Crippen LogP contribution is -2.48. The molecule has 0 saturated heterocycles. The van der Waals surface area contributed by atoms with Crippen LogP contribution < -0.4 is 5.32 Å². The Morgan fingerprint density at radius 1 is 0.844 bits per heavy atom. The lowest BCUT2D eigenvalue weighted by atomic mass is 10.0. The van der Waals surface area contributed by atoms with Crippen molar-refractivity contribution in [1.82, 2.24) is 5.32 Å². The van der Waals surface area contributed by atoms with E-state index in [9.17, 15) is 25.0 Å². The van der Waals surface area contributed by atoms with Crippen LogP contribution in [0, 0.1) is 4.91 Å². The van der Waals surface area contributed by atoms with Crippen molar-refractivity contribution in [2.75, 3.05) is 13.2 Å². The summed E-state index contributed by atoms with van der Waals surface area (Å²) in [5.41, 5.74) is 0. The van der Waals surface area contributed by atoms with Crippen LogP contribution in [0.3, 0.4) is 0 Å². The number of aliphatic hydroxyl groups excluding tert-OH is 4. The van der Waals surface area contributed by atoms with Gasteiger partial charge in [-0.05, 0) is 32.1 Å². The van der Waals surface area contributed by atoms with Gasteiger partial charge in [-0.3, -0.25) is 4.79 Å². The Labute approximate surface area is 193 Å². The minimum Gasteiger partial charge on any atom is -0.394 e. The van der Waals surface area contributed by atoms with Crippen molar-refractivity contribution in [1.29, 1.82) is 0 Å². The number of nitroso groups, excluding NO2 is 1. The zero-order valence-corrected chi connectivity index (χ0v) is 19.8. The normalized spacial score (nSPS) is 15.4. The van der Waals surface area contributed by atoms with E-state index in [1.54, 1.807) is 0 Å². The van der Waals surface area contributed by atoms with Gasteiger partial charge in [0.1, 0.15) is 18.2 Å². The zero-order chi connectivity index (χ0) is 24.0. The van der Waals surface area contributed by atoms with Crippen LogP contribution in [0.15, 0.2) is 17.3 Å². The Bertz CT molecular complexity index is 489. The molecule has 4 unspecified atom stereocenters. The second-order valence-electron chi connectivity index (χ2n) is 8.54. The van der Waals surface area contributed by atoms with E-state index < -0.39 is 31.0 Å². The van der Waals surface area contributed by atoms with Gasteiger partial charge in [0, 0.05) is 13.0 Å². The second-order valence-corrected chi connectivity index (χ2v) is 8.54. The molecule has 5 N–H and O–H groups in total. The molecule has 0 bridgehead atoms. The zero-order valence-electron chi connectivity index (χ0n) is 19.8. The first-order valence-corrected chi connectivity index (χ1v) is 12.4. The molecule has 0 fully saturated rings. The molecule has 0 radical (unpaired) electrons. The van der Waals surface area contributed by atoms with Gasteiger partial charge in [0.2, 0.25) is 5.91 Å². The molecule has 0 aliphatic heterocycles. The Hall–Kier alpha value is -1.35. The van der Waals surface area contributed by atoms with Crippen molar-refractivity contribution >= 4 is 5.91 Å². The molecular formula is C24H46N2O6. The Morgan fingerprint density at radius 2 is 1.38 bits per heavy atom. The fourth-order valence-corrected chi connectivity index (χ4v) is 3.48. The summed E-state index contributed by atoms with van der Waals surface area (Å²) in [4.78, 5) is 22.5. The fourth-order valence-electron chi connectivity index (χ4n) is 3.48. The number of allylic oxidation sites excluding steroid dienone is 2. The minimum atomic E-state index is -1.67. The maximum atomic E-state index is 11.8. The number of carbonyl (C=O) groups excluding carboxylic acids is 1. The summed E-state index contributed by atoms with van der Waals surface area (Å²) in [5, 5.41) is 43.0. The molecule has 0 aromatic heterocycles. The Kier molecular flexibility index (Phi) is 20.6.